The van der Waals surface area contributed by atoms with Gasteiger partial charge in [-0.25, -0.2) is 0 Å². The first-order valence-corrected chi connectivity index (χ1v) is 13.3. The number of ketones is 1. The van der Waals surface area contributed by atoms with Crippen LogP contribution in [0.3, 0.4) is 0 Å². The Bertz CT molecular complexity index is 1140. The Balaban J connectivity index is 1.56. The maximum atomic E-state index is 13.5. The number of aryl methyl sites for hydroxylation is 2. The molecule has 2 N–H and O–H groups in total. The summed E-state index contributed by atoms with van der Waals surface area (Å²) in [5, 5.41) is 21.6. The average molecular weight is 492 g/mol. The Morgan fingerprint density at radius 2 is 1.86 bits per heavy atom. The van der Waals surface area contributed by atoms with E-state index in [9.17, 15) is 19.8 Å². The summed E-state index contributed by atoms with van der Waals surface area (Å²) in [6.45, 7) is 5.72. The first-order chi connectivity index (χ1) is 17.3. The molecule has 3 aliphatic rings. The number of piperidine rings is 1. The lowest BCUT2D eigenvalue weighted by Gasteiger charge is -2.61. The van der Waals surface area contributed by atoms with Crippen molar-refractivity contribution in [1.82, 2.24) is 4.90 Å². The van der Waals surface area contributed by atoms with Crippen molar-refractivity contribution < 1.29 is 24.5 Å². The first kappa shape index (κ1) is 24.8. The van der Waals surface area contributed by atoms with E-state index in [1.165, 1.54) is 18.9 Å². The second kappa shape index (κ2) is 9.55. The van der Waals surface area contributed by atoms with Gasteiger partial charge in [-0.1, -0.05) is 36.4 Å². The molecule has 0 amide bonds. The monoisotopic (exact) mass is 491 g/mol. The molecule has 1 saturated heterocycles. The van der Waals surface area contributed by atoms with Gasteiger partial charge in [0.25, 0.3) is 0 Å². The van der Waals surface area contributed by atoms with Crippen molar-refractivity contribution in [3.63, 3.8) is 0 Å². The number of rotatable bonds is 7. The molecule has 0 spiro atoms. The van der Waals surface area contributed by atoms with E-state index in [0.717, 1.165) is 24.2 Å². The number of nitrogens with zero attached hydrogens (tertiary/aromatic N) is 1. The minimum atomic E-state index is -0.974. The van der Waals surface area contributed by atoms with Gasteiger partial charge in [0.15, 0.2) is 11.5 Å². The molecule has 5 rings (SSSR count). The summed E-state index contributed by atoms with van der Waals surface area (Å²) in [6, 6.07) is 13.0. The highest BCUT2D eigenvalue weighted by Crippen LogP contribution is 2.59. The fraction of sp³-hybridized carbons (Fsp3) is 0.533. The molecule has 2 aromatic carbocycles. The quantitative estimate of drug-likeness (QED) is 0.427. The topological polar surface area (TPSA) is 87.1 Å². The molecule has 3 fully saturated rings. The zero-order valence-corrected chi connectivity index (χ0v) is 21.3. The number of carbonyl (C=O) groups is 2. The van der Waals surface area contributed by atoms with Crippen LogP contribution in [0.4, 0.5) is 0 Å². The molecule has 2 aliphatic carbocycles. The molecule has 3 atom stereocenters. The van der Waals surface area contributed by atoms with Crippen LogP contribution >= 0.6 is 0 Å². The van der Waals surface area contributed by atoms with Gasteiger partial charge >= 0.3 is 5.97 Å². The van der Waals surface area contributed by atoms with E-state index < -0.39 is 11.0 Å². The molecule has 2 aromatic rings. The Kier molecular flexibility index (Phi) is 6.58. The fourth-order valence-corrected chi connectivity index (χ4v) is 6.84. The number of phenols is 2. The van der Waals surface area contributed by atoms with Gasteiger partial charge < -0.3 is 14.9 Å². The van der Waals surface area contributed by atoms with Crippen LogP contribution in [-0.2, 0) is 26.2 Å². The van der Waals surface area contributed by atoms with Crippen LogP contribution in [0.1, 0.15) is 68.6 Å². The van der Waals surface area contributed by atoms with Gasteiger partial charge in [-0.05, 0) is 75.6 Å². The van der Waals surface area contributed by atoms with Crippen molar-refractivity contribution >= 4 is 11.8 Å². The van der Waals surface area contributed by atoms with Crippen molar-refractivity contribution in [3.05, 3.63) is 59.2 Å². The van der Waals surface area contributed by atoms with E-state index in [4.69, 9.17) is 4.74 Å². The van der Waals surface area contributed by atoms with Crippen molar-refractivity contribution in [1.29, 1.82) is 0 Å². The second-order valence-corrected chi connectivity index (χ2v) is 11.1. The largest absolute Gasteiger partial charge is 0.504 e. The molecule has 6 nitrogen and oxygen atoms in total. The molecule has 6 heteroatoms. The molecule has 0 bridgehead atoms. The summed E-state index contributed by atoms with van der Waals surface area (Å²) in [7, 11) is 0. The predicted molar refractivity (Wildman–Crippen MR) is 137 cm³/mol. The van der Waals surface area contributed by atoms with Crippen molar-refractivity contribution in [2.24, 2.45) is 5.92 Å². The number of aromatic hydroxyl groups is 2. The van der Waals surface area contributed by atoms with Crippen LogP contribution < -0.4 is 0 Å². The lowest BCUT2D eigenvalue weighted by Crippen LogP contribution is -2.71. The highest BCUT2D eigenvalue weighted by atomic mass is 16.6. The third-order valence-corrected chi connectivity index (χ3v) is 8.92. The number of hydrogen-bond acceptors (Lipinski definition) is 6. The summed E-state index contributed by atoms with van der Waals surface area (Å²) < 4.78 is 6.58. The summed E-state index contributed by atoms with van der Waals surface area (Å²) >= 11 is 0. The maximum Gasteiger partial charge on any atom is 0.306 e. The molecule has 3 unspecified atom stereocenters. The minimum Gasteiger partial charge on any atom is -0.504 e. The van der Waals surface area contributed by atoms with E-state index in [1.807, 2.05) is 37.3 Å². The Hall–Kier alpha value is -2.86. The van der Waals surface area contributed by atoms with E-state index in [2.05, 4.69) is 11.8 Å². The van der Waals surface area contributed by atoms with Gasteiger partial charge in [0.1, 0.15) is 11.4 Å². The summed E-state index contributed by atoms with van der Waals surface area (Å²) in [5.74, 6) is 0.0930. The maximum absolute atomic E-state index is 13.5. The Morgan fingerprint density at radius 3 is 2.58 bits per heavy atom. The standard InChI is InChI=1S/C30H37NO5/c1-20-8-12-25(33)28(35)27(20)29-16-17-31(19-23-9-10-23)21(2)30(29,15-14-24(32)18-29)36-26(34)13-11-22-6-4-3-5-7-22/h3-8,12,21,23,33,35H,9-11,13-19H2,1-2H3. The molecule has 1 heterocycles. The van der Waals surface area contributed by atoms with Gasteiger partial charge in [0.2, 0.25) is 0 Å². The molecule has 0 radical (unpaired) electrons. The van der Waals surface area contributed by atoms with Gasteiger partial charge in [0.05, 0.1) is 0 Å². The zero-order chi connectivity index (χ0) is 25.5. The highest BCUT2D eigenvalue weighted by molar-refractivity contribution is 5.83. The molecule has 0 aromatic heterocycles. The number of carbonyl (C=O) groups excluding carboxylic acids is 2. The SMILES string of the molecule is Cc1ccc(O)c(O)c1C12CCN(CC3CC3)C(C)C1(OC(=O)CCc1ccccc1)CCC(=O)C2. The van der Waals surface area contributed by atoms with E-state index >= 15 is 0 Å². The predicted octanol–water partition coefficient (Wildman–Crippen LogP) is 4.82. The highest BCUT2D eigenvalue weighted by Gasteiger charge is 2.65. The van der Waals surface area contributed by atoms with Crippen LogP contribution in [-0.4, -0.2) is 51.6 Å². The van der Waals surface area contributed by atoms with Gasteiger partial charge in [-0.15, -0.1) is 0 Å². The summed E-state index contributed by atoms with van der Waals surface area (Å²) in [4.78, 5) is 28.9. The van der Waals surface area contributed by atoms with Crippen LogP contribution in [0.5, 0.6) is 11.5 Å². The van der Waals surface area contributed by atoms with E-state index in [-0.39, 0.29) is 42.1 Å². The van der Waals surface area contributed by atoms with Crippen LogP contribution in [0.15, 0.2) is 42.5 Å². The number of ether oxygens (including phenoxy) is 1. The minimum absolute atomic E-state index is 0.107. The van der Waals surface area contributed by atoms with Gasteiger partial charge in [-0.3, -0.25) is 14.5 Å². The van der Waals surface area contributed by atoms with Gasteiger partial charge in [0, 0.05) is 42.8 Å². The normalized spacial score (nSPS) is 28.5. The lowest BCUT2D eigenvalue weighted by molar-refractivity contribution is -0.202. The van der Waals surface area contributed by atoms with Crippen LogP contribution in [0, 0.1) is 12.8 Å². The molecule has 1 aliphatic heterocycles. The van der Waals surface area contributed by atoms with E-state index in [1.54, 1.807) is 6.07 Å². The van der Waals surface area contributed by atoms with Gasteiger partial charge in [-0.2, -0.15) is 0 Å². The third-order valence-electron chi connectivity index (χ3n) is 8.92. The fourth-order valence-electron chi connectivity index (χ4n) is 6.84. The second-order valence-electron chi connectivity index (χ2n) is 11.1. The number of fused-ring (bicyclic) bond motifs is 1. The molecule has 192 valence electrons. The Labute approximate surface area is 213 Å². The molecule has 2 saturated carbocycles. The molecule has 36 heavy (non-hydrogen) atoms. The number of likely N-dealkylation sites (tertiary alicyclic amines) is 1. The van der Waals surface area contributed by atoms with Crippen molar-refractivity contribution in [2.45, 2.75) is 82.3 Å². The molecular formula is C30H37NO5. The average Bonchev–Trinajstić information content (AvgIpc) is 3.68. The number of Topliss-reactive ketones (excluding diaryl/α,β-unsaturated/α-hetero) is 1. The summed E-state index contributed by atoms with van der Waals surface area (Å²) in [5.41, 5.74) is 0.567. The zero-order valence-electron chi connectivity index (χ0n) is 21.3. The lowest BCUT2D eigenvalue weighted by atomic mass is 9.52. The Morgan fingerprint density at radius 1 is 1.11 bits per heavy atom. The smallest absolute Gasteiger partial charge is 0.306 e. The van der Waals surface area contributed by atoms with Crippen molar-refractivity contribution in [2.75, 3.05) is 13.1 Å². The van der Waals surface area contributed by atoms with Crippen LogP contribution in [0.25, 0.3) is 0 Å². The summed E-state index contributed by atoms with van der Waals surface area (Å²) in [6.07, 6.45) is 4.81. The van der Waals surface area contributed by atoms with Crippen molar-refractivity contribution in [3.8, 4) is 11.5 Å². The molecular weight excluding hydrogens is 454 g/mol. The first-order valence-electron chi connectivity index (χ1n) is 13.3. The number of hydrogen-bond donors (Lipinski definition) is 2. The number of esters is 1. The number of phenolic OH excluding ortho intramolecular Hbond substituents is 2. The third kappa shape index (κ3) is 4.30. The van der Waals surface area contributed by atoms with Crippen LogP contribution in [0.2, 0.25) is 0 Å². The van der Waals surface area contributed by atoms with E-state index in [0.29, 0.717) is 37.2 Å². The number of benzene rings is 2.